The minimum atomic E-state index is -0.493. The van der Waals surface area contributed by atoms with E-state index in [-0.39, 0.29) is 17.5 Å². The Morgan fingerprint density at radius 1 is 1.56 bits per heavy atom. The van der Waals surface area contributed by atoms with Gasteiger partial charge in [0.25, 0.3) is 0 Å². The van der Waals surface area contributed by atoms with E-state index in [2.05, 4.69) is 5.32 Å². The van der Waals surface area contributed by atoms with Gasteiger partial charge in [-0.3, -0.25) is 10.1 Å². The van der Waals surface area contributed by atoms with Gasteiger partial charge >= 0.3 is 5.69 Å². The van der Waals surface area contributed by atoms with E-state index >= 15 is 0 Å². The number of piperidine rings is 1. The Bertz CT molecular complexity index is 490. The van der Waals surface area contributed by atoms with Crippen molar-refractivity contribution in [2.24, 2.45) is 0 Å². The molecule has 0 saturated carbocycles. The van der Waals surface area contributed by atoms with Gasteiger partial charge in [0.15, 0.2) is 5.75 Å². The minimum absolute atomic E-state index is 0.0774. The first-order valence-electron chi connectivity index (χ1n) is 5.76. The van der Waals surface area contributed by atoms with Crippen LogP contribution in [0.5, 0.6) is 5.75 Å². The van der Waals surface area contributed by atoms with E-state index in [1.807, 2.05) is 6.07 Å². The molecule has 1 aromatic carbocycles. The van der Waals surface area contributed by atoms with Gasteiger partial charge in [0.2, 0.25) is 0 Å². The van der Waals surface area contributed by atoms with Crippen LogP contribution in [0.15, 0.2) is 18.2 Å². The smallest absolute Gasteiger partial charge is 0.311 e. The highest BCUT2D eigenvalue weighted by Crippen LogP contribution is 2.29. The highest BCUT2D eigenvalue weighted by molar-refractivity contribution is 5.51. The Morgan fingerprint density at radius 3 is 3.00 bits per heavy atom. The van der Waals surface area contributed by atoms with Crippen LogP contribution < -0.4 is 10.1 Å². The third kappa shape index (κ3) is 2.76. The number of nitro groups is 1. The number of nitrogens with zero attached hydrogens (tertiary/aromatic N) is 2. The van der Waals surface area contributed by atoms with Gasteiger partial charge in [-0.2, -0.15) is 5.26 Å². The molecule has 1 aliphatic rings. The van der Waals surface area contributed by atoms with E-state index in [1.165, 1.54) is 18.2 Å². The predicted molar refractivity (Wildman–Crippen MR) is 64.3 cm³/mol. The second-order valence-electron chi connectivity index (χ2n) is 4.14. The van der Waals surface area contributed by atoms with Crippen LogP contribution >= 0.6 is 0 Å². The maximum Gasteiger partial charge on any atom is 0.311 e. The van der Waals surface area contributed by atoms with Crippen LogP contribution in [0.4, 0.5) is 5.69 Å². The summed E-state index contributed by atoms with van der Waals surface area (Å²) < 4.78 is 5.63. The molecule has 1 fully saturated rings. The van der Waals surface area contributed by atoms with Gasteiger partial charge in [0.05, 0.1) is 16.6 Å². The first-order valence-corrected chi connectivity index (χ1v) is 5.76. The normalized spacial score (nSPS) is 18.9. The summed E-state index contributed by atoms with van der Waals surface area (Å²) in [5, 5.41) is 22.9. The molecule has 0 aliphatic carbocycles. The lowest BCUT2D eigenvalue weighted by Gasteiger charge is -2.23. The van der Waals surface area contributed by atoms with E-state index in [1.54, 1.807) is 0 Å². The standard InChI is InChI=1S/C12H13N3O3/c13-7-9-3-4-11(15(16)17)12(6-9)18-10-2-1-5-14-8-10/h3-4,6,10,14H,1-2,5,8H2. The largest absolute Gasteiger partial charge is 0.482 e. The molecule has 0 aromatic heterocycles. The van der Waals surface area contributed by atoms with Crippen molar-refractivity contribution in [3.8, 4) is 11.8 Å². The van der Waals surface area contributed by atoms with Crippen LogP contribution in [0.1, 0.15) is 18.4 Å². The first kappa shape index (κ1) is 12.3. The van der Waals surface area contributed by atoms with Crippen molar-refractivity contribution in [2.75, 3.05) is 13.1 Å². The lowest BCUT2D eigenvalue weighted by Crippen LogP contribution is -2.37. The topological polar surface area (TPSA) is 88.2 Å². The molecule has 1 aromatic rings. The summed E-state index contributed by atoms with van der Waals surface area (Å²) >= 11 is 0. The maximum absolute atomic E-state index is 10.9. The molecule has 1 N–H and O–H groups in total. The molecule has 1 aliphatic heterocycles. The second kappa shape index (κ2) is 5.47. The second-order valence-corrected chi connectivity index (χ2v) is 4.14. The van der Waals surface area contributed by atoms with Crippen molar-refractivity contribution in [1.82, 2.24) is 5.32 Å². The highest BCUT2D eigenvalue weighted by Gasteiger charge is 2.21. The van der Waals surface area contributed by atoms with Gasteiger partial charge in [-0.1, -0.05) is 0 Å². The maximum atomic E-state index is 10.9. The molecule has 1 saturated heterocycles. The molecule has 1 heterocycles. The molecule has 94 valence electrons. The van der Waals surface area contributed by atoms with E-state index in [0.29, 0.717) is 12.1 Å². The van der Waals surface area contributed by atoms with Crippen LogP contribution in [-0.2, 0) is 0 Å². The Hall–Kier alpha value is -2.13. The fourth-order valence-corrected chi connectivity index (χ4v) is 1.93. The molecule has 2 rings (SSSR count). The number of benzene rings is 1. The van der Waals surface area contributed by atoms with E-state index in [9.17, 15) is 10.1 Å². The molecule has 0 amide bonds. The Balaban J connectivity index is 2.23. The summed E-state index contributed by atoms with van der Waals surface area (Å²) in [5.41, 5.74) is 0.263. The molecular formula is C12H13N3O3. The molecule has 1 unspecified atom stereocenters. The van der Waals surface area contributed by atoms with Gasteiger partial charge in [-0.05, 0) is 25.5 Å². The average molecular weight is 247 g/mol. The Kier molecular flexibility index (Phi) is 3.75. The van der Waals surface area contributed by atoms with Crippen LogP contribution in [0.3, 0.4) is 0 Å². The molecule has 6 heteroatoms. The fourth-order valence-electron chi connectivity index (χ4n) is 1.93. The summed E-state index contributed by atoms with van der Waals surface area (Å²) in [6.45, 7) is 1.62. The Labute approximate surface area is 104 Å². The summed E-state index contributed by atoms with van der Waals surface area (Å²) in [6.07, 6.45) is 1.77. The predicted octanol–water partition coefficient (Wildman–Crippen LogP) is 1.60. The zero-order valence-corrected chi connectivity index (χ0v) is 9.76. The third-order valence-corrected chi connectivity index (χ3v) is 2.83. The van der Waals surface area contributed by atoms with Crippen LogP contribution in [0.25, 0.3) is 0 Å². The lowest BCUT2D eigenvalue weighted by atomic mass is 10.1. The van der Waals surface area contributed by atoms with E-state index in [0.717, 1.165) is 19.4 Å². The summed E-state index contributed by atoms with van der Waals surface area (Å²) in [5.74, 6) is 0.174. The van der Waals surface area contributed by atoms with Gasteiger partial charge in [-0.25, -0.2) is 0 Å². The molecule has 0 radical (unpaired) electrons. The van der Waals surface area contributed by atoms with Crippen molar-refractivity contribution < 1.29 is 9.66 Å². The number of hydrogen-bond acceptors (Lipinski definition) is 5. The van der Waals surface area contributed by atoms with E-state index < -0.39 is 4.92 Å². The monoisotopic (exact) mass is 247 g/mol. The molecule has 6 nitrogen and oxygen atoms in total. The highest BCUT2D eigenvalue weighted by atomic mass is 16.6. The van der Waals surface area contributed by atoms with Gasteiger partial charge in [-0.15, -0.1) is 0 Å². The zero-order chi connectivity index (χ0) is 13.0. The zero-order valence-electron chi connectivity index (χ0n) is 9.76. The minimum Gasteiger partial charge on any atom is -0.482 e. The number of rotatable bonds is 3. The summed E-state index contributed by atoms with van der Waals surface area (Å²) in [7, 11) is 0. The van der Waals surface area contributed by atoms with Gasteiger partial charge in [0.1, 0.15) is 6.10 Å². The van der Waals surface area contributed by atoms with Gasteiger partial charge < -0.3 is 10.1 Å². The van der Waals surface area contributed by atoms with Gasteiger partial charge in [0, 0.05) is 18.7 Å². The summed E-state index contributed by atoms with van der Waals surface area (Å²) in [6, 6.07) is 6.11. The SMILES string of the molecule is N#Cc1ccc([N+](=O)[O-])c(OC2CCCNC2)c1. The first-order chi connectivity index (χ1) is 8.70. The van der Waals surface area contributed by atoms with Crippen molar-refractivity contribution in [3.63, 3.8) is 0 Å². The van der Waals surface area contributed by atoms with Crippen molar-refractivity contribution in [1.29, 1.82) is 5.26 Å². The van der Waals surface area contributed by atoms with Crippen LogP contribution in [0, 0.1) is 21.4 Å². The quantitative estimate of drug-likeness (QED) is 0.647. The molecule has 18 heavy (non-hydrogen) atoms. The number of nitro benzene ring substituents is 1. The summed E-state index contributed by atoms with van der Waals surface area (Å²) in [4.78, 5) is 10.4. The van der Waals surface area contributed by atoms with Crippen LogP contribution in [-0.4, -0.2) is 24.1 Å². The van der Waals surface area contributed by atoms with Crippen molar-refractivity contribution in [2.45, 2.75) is 18.9 Å². The van der Waals surface area contributed by atoms with Crippen molar-refractivity contribution in [3.05, 3.63) is 33.9 Å². The third-order valence-electron chi connectivity index (χ3n) is 2.83. The van der Waals surface area contributed by atoms with Crippen molar-refractivity contribution >= 4 is 5.69 Å². The molecular weight excluding hydrogens is 234 g/mol. The number of nitriles is 1. The molecule has 0 spiro atoms. The number of nitrogens with one attached hydrogen (secondary N) is 1. The van der Waals surface area contributed by atoms with Crippen LogP contribution in [0.2, 0.25) is 0 Å². The molecule has 1 atom stereocenters. The molecule has 0 bridgehead atoms. The fraction of sp³-hybridized carbons (Fsp3) is 0.417. The Morgan fingerprint density at radius 2 is 2.39 bits per heavy atom. The lowest BCUT2D eigenvalue weighted by molar-refractivity contribution is -0.386. The van der Waals surface area contributed by atoms with E-state index in [4.69, 9.17) is 10.00 Å². The average Bonchev–Trinajstić information content (AvgIpc) is 2.39. The number of ether oxygens (including phenoxy) is 1. The number of hydrogen-bond donors (Lipinski definition) is 1.